The molecule has 0 radical (unpaired) electrons. The number of hydrogen-bond donors (Lipinski definition) is 2. The van der Waals surface area contributed by atoms with Crippen molar-refractivity contribution in [3.05, 3.63) is 48.2 Å². The van der Waals surface area contributed by atoms with E-state index >= 15 is 0 Å². The van der Waals surface area contributed by atoms with Gasteiger partial charge in [0.15, 0.2) is 0 Å². The Morgan fingerprint density at radius 1 is 1.28 bits per heavy atom. The first-order chi connectivity index (χ1) is 14.0. The SMILES string of the molecule is CC(=O)N[C@@H](Cc1c[nH]c2ccccc12)C(=O)N1CCC(c2nncn2C)CC1. The van der Waals surface area contributed by atoms with Crippen molar-refractivity contribution < 1.29 is 9.59 Å². The van der Waals surface area contributed by atoms with Crippen molar-refractivity contribution in [1.82, 2.24) is 30.0 Å². The molecule has 1 aromatic carbocycles. The number of fused-ring (bicyclic) bond motifs is 1. The molecule has 2 amide bonds. The Kier molecular flexibility index (Phi) is 5.33. The smallest absolute Gasteiger partial charge is 0.245 e. The molecular formula is C21H26N6O2. The molecule has 0 spiro atoms. The first-order valence-corrected chi connectivity index (χ1v) is 9.97. The number of aromatic amines is 1. The van der Waals surface area contributed by atoms with E-state index in [1.165, 1.54) is 6.92 Å². The summed E-state index contributed by atoms with van der Waals surface area (Å²) >= 11 is 0. The van der Waals surface area contributed by atoms with Crippen molar-refractivity contribution >= 4 is 22.7 Å². The Morgan fingerprint density at radius 3 is 2.72 bits per heavy atom. The van der Waals surface area contributed by atoms with Crippen LogP contribution in [-0.2, 0) is 23.1 Å². The van der Waals surface area contributed by atoms with E-state index in [0.29, 0.717) is 25.4 Å². The van der Waals surface area contributed by atoms with Gasteiger partial charge in [-0.1, -0.05) is 18.2 Å². The molecule has 1 atom stereocenters. The van der Waals surface area contributed by atoms with Crippen LogP contribution in [0.15, 0.2) is 36.8 Å². The van der Waals surface area contributed by atoms with E-state index in [4.69, 9.17) is 0 Å². The average molecular weight is 394 g/mol. The summed E-state index contributed by atoms with van der Waals surface area (Å²) in [5.41, 5.74) is 2.06. The van der Waals surface area contributed by atoms with E-state index in [0.717, 1.165) is 35.1 Å². The predicted octanol–water partition coefficient (Wildman–Crippen LogP) is 1.75. The van der Waals surface area contributed by atoms with Gasteiger partial charge < -0.3 is 19.8 Å². The van der Waals surface area contributed by atoms with Crippen LogP contribution in [0.25, 0.3) is 10.9 Å². The van der Waals surface area contributed by atoms with Gasteiger partial charge >= 0.3 is 0 Å². The van der Waals surface area contributed by atoms with E-state index in [1.54, 1.807) is 6.33 Å². The minimum atomic E-state index is -0.571. The Bertz CT molecular complexity index is 1020. The molecular weight excluding hydrogens is 368 g/mol. The van der Waals surface area contributed by atoms with Crippen LogP contribution < -0.4 is 5.32 Å². The van der Waals surface area contributed by atoms with Gasteiger partial charge in [-0.25, -0.2) is 0 Å². The third-order valence-electron chi connectivity index (χ3n) is 5.69. The van der Waals surface area contributed by atoms with E-state index in [2.05, 4.69) is 20.5 Å². The topological polar surface area (TPSA) is 95.9 Å². The molecule has 1 aliphatic rings. The summed E-state index contributed by atoms with van der Waals surface area (Å²) in [4.78, 5) is 30.1. The molecule has 0 aliphatic carbocycles. The fourth-order valence-corrected chi connectivity index (χ4v) is 4.21. The first-order valence-electron chi connectivity index (χ1n) is 9.97. The molecule has 8 heteroatoms. The zero-order valence-corrected chi connectivity index (χ0v) is 16.8. The highest BCUT2D eigenvalue weighted by molar-refractivity contribution is 5.89. The Hall–Kier alpha value is -3.16. The molecule has 2 N–H and O–H groups in total. The normalized spacial score (nSPS) is 16.1. The number of carbonyl (C=O) groups is 2. The second kappa shape index (κ2) is 8.06. The summed E-state index contributed by atoms with van der Waals surface area (Å²) < 4.78 is 1.94. The minimum Gasteiger partial charge on any atom is -0.361 e. The third-order valence-corrected chi connectivity index (χ3v) is 5.69. The van der Waals surface area contributed by atoms with E-state index in [-0.39, 0.29) is 11.8 Å². The van der Waals surface area contributed by atoms with Gasteiger partial charge in [-0.2, -0.15) is 0 Å². The minimum absolute atomic E-state index is 0.0260. The lowest BCUT2D eigenvalue weighted by atomic mass is 9.95. The number of hydrogen-bond acceptors (Lipinski definition) is 4. The maximum Gasteiger partial charge on any atom is 0.245 e. The molecule has 1 saturated heterocycles. The standard InChI is InChI=1S/C21H26N6O2/c1-14(28)24-19(11-16-12-22-18-6-4-3-5-17(16)18)21(29)27-9-7-15(8-10-27)20-25-23-13-26(20)2/h3-6,12-13,15,19,22H,7-11H2,1-2H3,(H,24,28)/t19-/m0/s1. The average Bonchev–Trinajstić information content (AvgIpc) is 3.33. The van der Waals surface area contributed by atoms with Crippen molar-refractivity contribution in [2.45, 2.75) is 38.1 Å². The van der Waals surface area contributed by atoms with Crippen molar-refractivity contribution in [3.63, 3.8) is 0 Å². The van der Waals surface area contributed by atoms with E-state index in [1.807, 2.05) is 47.0 Å². The van der Waals surface area contributed by atoms with Crippen molar-refractivity contribution in [1.29, 1.82) is 0 Å². The largest absolute Gasteiger partial charge is 0.361 e. The quantitative estimate of drug-likeness (QED) is 0.689. The Labute approximate surface area is 169 Å². The van der Waals surface area contributed by atoms with Gasteiger partial charge in [0.1, 0.15) is 18.2 Å². The van der Waals surface area contributed by atoms with Gasteiger partial charge in [0.05, 0.1) is 0 Å². The second-order valence-electron chi connectivity index (χ2n) is 7.72. The summed E-state index contributed by atoms with van der Waals surface area (Å²) in [6, 6.07) is 7.42. The Morgan fingerprint density at radius 2 is 2.03 bits per heavy atom. The molecule has 0 unspecified atom stereocenters. The van der Waals surface area contributed by atoms with Gasteiger partial charge in [0.2, 0.25) is 11.8 Å². The molecule has 152 valence electrons. The maximum absolute atomic E-state index is 13.2. The van der Waals surface area contributed by atoms with Crippen LogP contribution in [0.3, 0.4) is 0 Å². The van der Waals surface area contributed by atoms with Gasteiger partial charge in [-0.15, -0.1) is 10.2 Å². The molecule has 0 bridgehead atoms. The van der Waals surface area contributed by atoms with Crippen LogP contribution in [0.1, 0.15) is 37.1 Å². The first kappa shape index (κ1) is 19.2. The molecule has 3 aromatic rings. The van der Waals surface area contributed by atoms with Crippen molar-refractivity contribution in [3.8, 4) is 0 Å². The Balaban J connectivity index is 1.46. The lowest BCUT2D eigenvalue weighted by molar-refractivity contribution is -0.137. The van der Waals surface area contributed by atoms with Crippen LogP contribution in [-0.4, -0.2) is 55.6 Å². The van der Waals surface area contributed by atoms with Crippen LogP contribution in [0, 0.1) is 0 Å². The van der Waals surface area contributed by atoms with Crippen molar-refractivity contribution in [2.75, 3.05) is 13.1 Å². The van der Waals surface area contributed by atoms with E-state index in [9.17, 15) is 9.59 Å². The second-order valence-corrected chi connectivity index (χ2v) is 7.72. The zero-order chi connectivity index (χ0) is 20.4. The fourth-order valence-electron chi connectivity index (χ4n) is 4.21. The highest BCUT2D eigenvalue weighted by Gasteiger charge is 2.31. The summed E-state index contributed by atoms with van der Waals surface area (Å²) in [6.45, 7) is 2.76. The van der Waals surface area contributed by atoms with E-state index < -0.39 is 6.04 Å². The lowest BCUT2D eigenvalue weighted by Crippen LogP contribution is -2.51. The number of piperidine rings is 1. The number of para-hydroxylation sites is 1. The number of H-pyrrole nitrogens is 1. The zero-order valence-electron chi connectivity index (χ0n) is 16.8. The fraction of sp³-hybridized carbons (Fsp3) is 0.429. The van der Waals surface area contributed by atoms with Crippen LogP contribution in [0.2, 0.25) is 0 Å². The number of nitrogens with zero attached hydrogens (tertiary/aromatic N) is 4. The summed E-state index contributed by atoms with van der Waals surface area (Å²) in [5, 5.41) is 12.1. The van der Waals surface area contributed by atoms with Gasteiger partial charge in [0, 0.05) is 56.5 Å². The summed E-state index contributed by atoms with van der Waals surface area (Å²) in [6.07, 6.45) is 5.79. The molecule has 29 heavy (non-hydrogen) atoms. The number of nitrogens with one attached hydrogen (secondary N) is 2. The molecule has 4 rings (SSSR count). The number of aryl methyl sites for hydroxylation is 1. The molecule has 8 nitrogen and oxygen atoms in total. The number of likely N-dealkylation sites (tertiary alicyclic amines) is 1. The van der Waals surface area contributed by atoms with Gasteiger partial charge in [-0.3, -0.25) is 9.59 Å². The predicted molar refractivity (Wildman–Crippen MR) is 109 cm³/mol. The molecule has 1 aliphatic heterocycles. The summed E-state index contributed by atoms with van der Waals surface area (Å²) in [7, 11) is 1.95. The number of benzene rings is 1. The van der Waals surface area contributed by atoms with Crippen molar-refractivity contribution in [2.24, 2.45) is 7.05 Å². The van der Waals surface area contributed by atoms with Crippen LogP contribution in [0.5, 0.6) is 0 Å². The van der Waals surface area contributed by atoms with Crippen LogP contribution in [0.4, 0.5) is 0 Å². The number of carbonyl (C=O) groups excluding carboxylic acids is 2. The third kappa shape index (κ3) is 4.01. The number of aromatic nitrogens is 4. The monoisotopic (exact) mass is 394 g/mol. The highest BCUT2D eigenvalue weighted by atomic mass is 16.2. The highest BCUT2D eigenvalue weighted by Crippen LogP contribution is 2.27. The van der Waals surface area contributed by atoms with Gasteiger partial charge in [-0.05, 0) is 24.5 Å². The molecule has 2 aromatic heterocycles. The maximum atomic E-state index is 13.2. The molecule has 1 fully saturated rings. The molecule has 3 heterocycles. The summed E-state index contributed by atoms with van der Waals surface area (Å²) in [5.74, 6) is 1.05. The molecule has 0 saturated carbocycles. The number of rotatable bonds is 5. The lowest BCUT2D eigenvalue weighted by Gasteiger charge is -2.34. The van der Waals surface area contributed by atoms with Crippen LogP contribution >= 0.6 is 0 Å². The van der Waals surface area contributed by atoms with Gasteiger partial charge in [0.25, 0.3) is 0 Å². The number of amides is 2.